The van der Waals surface area contributed by atoms with E-state index in [4.69, 9.17) is 13.9 Å². The molecule has 0 amide bonds. The SMILES string of the molecule is CCCC[C](CCCC)(CCCC)[Sn][c]1ccc(C2OC=CO2)o1. The van der Waals surface area contributed by atoms with Gasteiger partial charge < -0.3 is 0 Å². The van der Waals surface area contributed by atoms with E-state index in [1.807, 2.05) is 6.07 Å². The summed E-state index contributed by atoms with van der Waals surface area (Å²) in [5.41, 5.74) is 0. The standard InChI is InChI=1S/C13H27.C7H5O3.Sn/c1-4-7-10-13(11-8-5-2)12-9-6-3;1-2-6(8-3-1)7-9-4-5-10-7;/h4-12H2,1-3H3;1-2,4-5,7H;. The van der Waals surface area contributed by atoms with E-state index in [0.29, 0.717) is 3.43 Å². The molecule has 2 rings (SSSR count). The van der Waals surface area contributed by atoms with Gasteiger partial charge in [0.25, 0.3) is 0 Å². The molecular weight excluding hydrogens is 407 g/mol. The molecule has 2 heterocycles. The molecule has 1 aromatic heterocycles. The van der Waals surface area contributed by atoms with Gasteiger partial charge in [-0.1, -0.05) is 0 Å². The third-order valence-corrected chi connectivity index (χ3v) is 9.86. The maximum atomic E-state index is 6.15. The zero-order valence-corrected chi connectivity index (χ0v) is 18.3. The predicted octanol–water partition coefficient (Wildman–Crippen LogP) is 5.86. The molecule has 1 aliphatic rings. The first-order chi connectivity index (χ1) is 11.7. The van der Waals surface area contributed by atoms with Gasteiger partial charge in [-0.3, -0.25) is 0 Å². The minimum absolute atomic E-state index is 0.380. The Kier molecular flexibility index (Phi) is 8.57. The number of ether oxygens (including phenoxy) is 2. The van der Waals surface area contributed by atoms with E-state index < -0.39 is 21.1 Å². The van der Waals surface area contributed by atoms with Gasteiger partial charge in [-0.25, -0.2) is 0 Å². The summed E-state index contributed by atoms with van der Waals surface area (Å²) in [5, 5.41) is 0. The van der Waals surface area contributed by atoms with Gasteiger partial charge >= 0.3 is 158 Å². The van der Waals surface area contributed by atoms with Crippen molar-refractivity contribution in [2.24, 2.45) is 0 Å². The van der Waals surface area contributed by atoms with Crippen LogP contribution in [-0.4, -0.2) is 21.1 Å². The Labute approximate surface area is 157 Å². The molecule has 0 atom stereocenters. The van der Waals surface area contributed by atoms with Gasteiger partial charge in [0.05, 0.1) is 0 Å². The molecule has 4 heteroatoms. The third kappa shape index (κ3) is 5.75. The monoisotopic (exact) mass is 440 g/mol. The van der Waals surface area contributed by atoms with Crippen LogP contribution in [0.3, 0.4) is 0 Å². The van der Waals surface area contributed by atoms with E-state index in [0.717, 1.165) is 5.76 Å². The summed E-state index contributed by atoms with van der Waals surface area (Å²) in [7, 11) is 0. The van der Waals surface area contributed by atoms with Crippen molar-refractivity contribution < 1.29 is 13.9 Å². The molecule has 0 spiro atoms. The van der Waals surface area contributed by atoms with Gasteiger partial charge in [0.2, 0.25) is 0 Å². The predicted molar refractivity (Wildman–Crippen MR) is 99.4 cm³/mol. The van der Waals surface area contributed by atoms with Crippen LogP contribution in [-0.2, 0) is 9.47 Å². The fourth-order valence-electron chi connectivity index (χ4n) is 3.29. The molecular formula is C20H32O3Sn. The van der Waals surface area contributed by atoms with Crippen LogP contribution in [0.15, 0.2) is 29.1 Å². The van der Waals surface area contributed by atoms with Crippen molar-refractivity contribution >= 4 is 24.9 Å². The van der Waals surface area contributed by atoms with Crippen LogP contribution in [0.5, 0.6) is 0 Å². The molecule has 3 nitrogen and oxygen atoms in total. The Morgan fingerprint density at radius 3 is 1.92 bits per heavy atom. The van der Waals surface area contributed by atoms with E-state index in [-0.39, 0.29) is 6.29 Å². The van der Waals surface area contributed by atoms with Crippen molar-refractivity contribution in [3.63, 3.8) is 0 Å². The molecule has 0 fully saturated rings. The number of hydrogen-bond donors (Lipinski definition) is 0. The zero-order chi connectivity index (χ0) is 17.3. The van der Waals surface area contributed by atoms with Crippen LogP contribution >= 0.6 is 0 Å². The van der Waals surface area contributed by atoms with E-state index in [1.54, 1.807) is 12.5 Å². The second kappa shape index (κ2) is 10.4. The van der Waals surface area contributed by atoms with E-state index in [9.17, 15) is 0 Å². The number of unbranched alkanes of at least 4 members (excludes halogenated alkanes) is 3. The van der Waals surface area contributed by atoms with Gasteiger partial charge in [0.15, 0.2) is 0 Å². The Balaban J connectivity index is 2.08. The number of hydrogen-bond acceptors (Lipinski definition) is 3. The van der Waals surface area contributed by atoms with Gasteiger partial charge in [-0.15, -0.1) is 0 Å². The molecule has 1 aromatic rings. The molecule has 134 valence electrons. The molecule has 24 heavy (non-hydrogen) atoms. The van der Waals surface area contributed by atoms with E-state index in [2.05, 4.69) is 26.8 Å². The maximum absolute atomic E-state index is 6.15. The first kappa shape index (κ1) is 19.7. The molecule has 1 aliphatic heterocycles. The molecule has 0 aromatic carbocycles. The summed E-state index contributed by atoms with van der Waals surface area (Å²) in [6.45, 7) is 6.92. The fraction of sp³-hybridized carbons (Fsp3) is 0.700. The van der Waals surface area contributed by atoms with Crippen molar-refractivity contribution in [2.45, 2.75) is 88.3 Å². The fourth-order valence-corrected chi connectivity index (χ4v) is 8.32. The molecule has 0 bridgehead atoms. The second-order valence-corrected chi connectivity index (χ2v) is 11.9. The summed E-state index contributed by atoms with van der Waals surface area (Å²) in [6.07, 6.45) is 14.8. The van der Waals surface area contributed by atoms with Crippen molar-refractivity contribution in [3.05, 3.63) is 30.4 Å². The number of rotatable bonds is 12. The van der Waals surface area contributed by atoms with Gasteiger partial charge in [0.1, 0.15) is 0 Å². The molecule has 0 unspecified atom stereocenters. The molecule has 0 N–H and O–H groups in total. The van der Waals surface area contributed by atoms with Crippen LogP contribution in [0.25, 0.3) is 0 Å². The van der Waals surface area contributed by atoms with Crippen molar-refractivity contribution in [1.82, 2.24) is 0 Å². The van der Waals surface area contributed by atoms with Crippen LogP contribution in [0.2, 0.25) is 3.43 Å². The summed E-state index contributed by atoms with van der Waals surface area (Å²) < 4.78 is 18.7. The molecule has 0 aliphatic carbocycles. The van der Waals surface area contributed by atoms with Crippen LogP contribution in [0.4, 0.5) is 0 Å². The summed E-state index contributed by atoms with van der Waals surface area (Å²) in [4.78, 5) is 0. The topological polar surface area (TPSA) is 31.6 Å². The minimum atomic E-state index is -0.806. The second-order valence-electron chi connectivity index (χ2n) is 6.79. The van der Waals surface area contributed by atoms with Gasteiger partial charge in [0, 0.05) is 0 Å². The summed E-state index contributed by atoms with van der Waals surface area (Å²) >= 11 is -0.806. The Morgan fingerprint density at radius 1 is 0.875 bits per heavy atom. The van der Waals surface area contributed by atoms with Crippen molar-refractivity contribution in [1.29, 1.82) is 0 Å². The Hall–Kier alpha value is -0.581. The van der Waals surface area contributed by atoms with Crippen molar-refractivity contribution in [2.75, 3.05) is 0 Å². The first-order valence-electron chi connectivity index (χ1n) is 9.57. The first-order valence-corrected chi connectivity index (χ1v) is 12.4. The van der Waals surface area contributed by atoms with E-state index >= 15 is 0 Å². The third-order valence-electron chi connectivity index (χ3n) is 4.73. The van der Waals surface area contributed by atoms with Crippen molar-refractivity contribution in [3.8, 4) is 0 Å². The number of furan rings is 1. The zero-order valence-electron chi connectivity index (χ0n) is 15.5. The normalized spacial score (nSPS) is 14.8. The van der Waals surface area contributed by atoms with Crippen LogP contribution in [0, 0.1) is 0 Å². The average Bonchev–Trinajstić information content (AvgIpc) is 3.27. The summed E-state index contributed by atoms with van der Waals surface area (Å²) in [5.74, 6) is 0.811. The summed E-state index contributed by atoms with van der Waals surface area (Å²) in [6, 6.07) is 4.23. The quantitative estimate of drug-likeness (QED) is 0.383. The Morgan fingerprint density at radius 2 is 1.42 bits per heavy atom. The van der Waals surface area contributed by atoms with Crippen LogP contribution < -0.4 is 3.78 Å². The molecule has 2 radical (unpaired) electrons. The van der Waals surface area contributed by atoms with Gasteiger partial charge in [-0.2, -0.15) is 0 Å². The van der Waals surface area contributed by atoms with Gasteiger partial charge in [-0.05, 0) is 0 Å². The van der Waals surface area contributed by atoms with Crippen LogP contribution in [0.1, 0.15) is 90.6 Å². The molecule has 0 saturated heterocycles. The van der Waals surface area contributed by atoms with E-state index in [1.165, 1.54) is 61.6 Å². The Bertz CT molecular complexity index is 465. The average molecular weight is 439 g/mol. The molecule has 0 saturated carbocycles.